The third kappa shape index (κ3) is 3.44. The van der Waals surface area contributed by atoms with E-state index in [2.05, 4.69) is 5.32 Å². The molecule has 2 rings (SSSR count). The second-order valence-corrected chi connectivity index (χ2v) is 5.93. The molecule has 0 heterocycles. The molecule has 0 aromatic carbocycles. The van der Waals surface area contributed by atoms with Gasteiger partial charge in [-0.1, -0.05) is 12.8 Å². The van der Waals surface area contributed by atoms with E-state index in [1.54, 1.807) is 6.92 Å². The zero-order valence-electron chi connectivity index (χ0n) is 11.0. The summed E-state index contributed by atoms with van der Waals surface area (Å²) in [4.78, 5) is 11.3. The van der Waals surface area contributed by atoms with Crippen molar-refractivity contribution in [3.05, 3.63) is 0 Å². The van der Waals surface area contributed by atoms with E-state index < -0.39 is 0 Å². The van der Waals surface area contributed by atoms with E-state index in [0.717, 1.165) is 5.92 Å². The van der Waals surface area contributed by atoms with Crippen LogP contribution in [-0.4, -0.2) is 18.0 Å². The van der Waals surface area contributed by atoms with Crippen LogP contribution in [-0.2, 0) is 4.79 Å². The van der Waals surface area contributed by atoms with E-state index >= 15 is 0 Å². The average Bonchev–Trinajstić information content (AvgIpc) is 2.30. The fourth-order valence-electron chi connectivity index (χ4n) is 3.74. The predicted octanol–water partition coefficient (Wildman–Crippen LogP) is 2.20. The van der Waals surface area contributed by atoms with Gasteiger partial charge in [-0.15, -0.1) is 0 Å². The first-order valence-electron chi connectivity index (χ1n) is 7.19. The lowest BCUT2D eigenvalue weighted by Gasteiger charge is -2.40. The molecular formula is C14H26N2O. The Kier molecular flexibility index (Phi) is 4.43. The van der Waals surface area contributed by atoms with Gasteiger partial charge in [-0.3, -0.25) is 4.79 Å². The van der Waals surface area contributed by atoms with E-state index in [1.165, 1.54) is 51.4 Å². The SMILES string of the molecule is CC(=O)NC1CCCCC1C1CCC(N)CC1. The molecule has 2 atom stereocenters. The number of carbonyl (C=O) groups is 1. The molecule has 2 aliphatic carbocycles. The van der Waals surface area contributed by atoms with Crippen molar-refractivity contribution >= 4 is 5.91 Å². The predicted molar refractivity (Wildman–Crippen MR) is 69.5 cm³/mol. The summed E-state index contributed by atoms with van der Waals surface area (Å²) in [6.07, 6.45) is 9.96. The Morgan fingerprint density at radius 3 is 2.35 bits per heavy atom. The second kappa shape index (κ2) is 5.85. The van der Waals surface area contributed by atoms with Crippen LogP contribution in [0.1, 0.15) is 58.3 Å². The summed E-state index contributed by atoms with van der Waals surface area (Å²) in [7, 11) is 0. The minimum Gasteiger partial charge on any atom is -0.353 e. The normalized spacial score (nSPS) is 38.7. The molecule has 0 aromatic heterocycles. The molecule has 17 heavy (non-hydrogen) atoms. The minimum atomic E-state index is 0.134. The van der Waals surface area contributed by atoms with E-state index in [4.69, 9.17) is 5.73 Å². The van der Waals surface area contributed by atoms with Gasteiger partial charge in [0.05, 0.1) is 0 Å². The number of rotatable bonds is 2. The Labute approximate surface area is 105 Å². The molecule has 2 unspecified atom stereocenters. The lowest BCUT2D eigenvalue weighted by molar-refractivity contribution is -0.120. The first-order valence-corrected chi connectivity index (χ1v) is 7.19. The summed E-state index contributed by atoms with van der Waals surface area (Å²) in [6.45, 7) is 1.64. The zero-order valence-corrected chi connectivity index (χ0v) is 11.0. The number of nitrogens with two attached hydrogens (primary N) is 1. The van der Waals surface area contributed by atoms with Crippen molar-refractivity contribution in [2.45, 2.75) is 70.4 Å². The average molecular weight is 238 g/mol. The molecule has 0 aliphatic heterocycles. The summed E-state index contributed by atoms with van der Waals surface area (Å²) >= 11 is 0. The Morgan fingerprint density at radius 1 is 1.06 bits per heavy atom. The van der Waals surface area contributed by atoms with Gasteiger partial charge in [-0.05, 0) is 50.4 Å². The molecule has 2 saturated carbocycles. The molecule has 0 bridgehead atoms. The highest BCUT2D eigenvalue weighted by atomic mass is 16.1. The van der Waals surface area contributed by atoms with Gasteiger partial charge in [0, 0.05) is 19.0 Å². The molecule has 3 N–H and O–H groups in total. The summed E-state index contributed by atoms with van der Waals surface area (Å²) < 4.78 is 0. The smallest absolute Gasteiger partial charge is 0.217 e. The van der Waals surface area contributed by atoms with Gasteiger partial charge < -0.3 is 11.1 Å². The van der Waals surface area contributed by atoms with E-state index in [1.807, 2.05) is 0 Å². The molecule has 0 spiro atoms. The lowest BCUT2D eigenvalue weighted by atomic mass is 9.70. The number of carbonyl (C=O) groups excluding carboxylic acids is 1. The van der Waals surface area contributed by atoms with Gasteiger partial charge in [0.2, 0.25) is 5.91 Å². The van der Waals surface area contributed by atoms with E-state index in [0.29, 0.717) is 18.0 Å². The Bertz CT molecular complexity index is 259. The van der Waals surface area contributed by atoms with Crippen molar-refractivity contribution in [1.82, 2.24) is 5.32 Å². The standard InChI is InChI=1S/C14H26N2O/c1-10(17)16-14-5-3-2-4-13(14)11-6-8-12(15)9-7-11/h11-14H,2-9,15H2,1H3,(H,16,17). The molecule has 0 aromatic rings. The maximum Gasteiger partial charge on any atom is 0.217 e. The van der Waals surface area contributed by atoms with Gasteiger partial charge in [0.25, 0.3) is 0 Å². The van der Waals surface area contributed by atoms with Crippen LogP contribution in [0.25, 0.3) is 0 Å². The summed E-state index contributed by atoms with van der Waals surface area (Å²) in [5.41, 5.74) is 5.97. The molecule has 1 amide bonds. The largest absolute Gasteiger partial charge is 0.353 e. The fourth-order valence-corrected chi connectivity index (χ4v) is 3.74. The Morgan fingerprint density at radius 2 is 1.71 bits per heavy atom. The number of hydrogen-bond acceptors (Lipinski definition) is 2. The highest BCUT2D eigenvalue weighted by Crippen LogP contribution is 2.38. The van der Waals surface area contributed by atoms with Crippen LogP contribution in [0.4, 0.5) is 0 Å². The number of amides is 1. The van der Waals surface area contributed by atoms with Crippen LogP contribution in [0, 0.1) is 11.8 Å². The monoisotopic (exact) mass is 238 g/mol. The van der Waals surface area contributed by atoms with E-state index in [9.17, 15) is 4.79 Å². The molecule has 2 fully saturated rings. The van der Waals surface area contributed by atoms with Crippen molar-refractivity contribution in [1.29, 1.82) is 0 Å². The van der Waals surface area contributed by atoms with Crippen LogP contribution in [0.2, 0.25) is 0 Å². The minimum absolute atomic E-state index is 0.134. The van der Waals surface area contributed by atoms with Gasteiger partial charge in [0.15, 0.2) is 0 Å². The molecule has 98 valence electrons. The highest BCUT2D eigenvalue weighted by Gasteiger charge is 2.33. The van der Waals surface area contributed by atoms with Crippen LogP contribution in [0.3, 0.4) is 0 Å². The first kappa shape index (κ1) is 12.9. The second-order valence-electron chi connectivity index (χ2n) is 5.93. The van der Waals surface area contributed by atoms with Crippen molar-refractivity contribution < 1.29 is 4.79 Å². The molecule has 0 radical (unpaired) electrons. The Balaban J connectivity index is 1.93. The van der Waals surface area contributed by atoms with Crippen molar-refractivity contribution in [2.24, 2.45) is 17.6 Å². The quantitative estimate of drug-likeness (QED) is 0.775. The number of hydrogen-bond donors (Lipinski definition) is 2. The summed E-state index contributed by atoms with van der Waals surface area (Å²) in [5.74, 6) is 1.64. The van der Waals surface area contributed by atoms with Gasteiger partial charge in [-0.2, -0.15) is 0 Å². The van der Waals surface area contributed by atoms with Gasteiger partial charge >= 0.3 is 0 Å². The molecule has 2 aliphatic rings. The first-order chi connectivity index (χ1) is 8.16. The molecular weight excluding hydrogens is 212 g/mol. The topological polar surface area (TPSA) is 55.1 Å². The maximum atomic E-state index is 11.3. The van der Waals surface area contributed by atoms with Gasteiger partial charge in [0.1, 0.15) is 0 Å². The molecule has 3 nitrogen and oxygen atoms in total. The van der Waals surface area contributed by atoms with Crippen molar-refractivity contribution in [3.63, 3.8) is 0 Å². The van der Waals surface area contributed by atoms with Crippen LogP contribution in [0.15, 0.2) is 0 Å². The van der Waals surface area contributed by atoms with Crippen molar-refractivity contribution in [2.75, 3.05) is 0 Å². The summed E-state index contributed by atoms with van der Waals surface area (Å²) in [6, 6.07) is 0.856. The van der Waals surface area contributed by atoms with E-state index in [-0.39, 0.29) is 5.91 Å². The van der Waals surface area contributed by atoms with Crippen molar-refractivity contribution in [3.8, 4) is 0 Å². The van der Waals surface area contributed by atoms with Crippen LogP contribution >= 0.6 is 0 Å². The van der Waals surface area contributed by atoms with Crippen LogP contribution in [0.5, 0.6) is 0 Å². The van der Waals surface area contributed by atoms with Crippen LogP contribution < -0.4 is 11.1 Å². The molecule has 3 heteroatoms. The number of nitrogens with one attached hydrogen (secondary N) is 1. The van der Waals surface area contributed by atoms with Gasteiger partial charge in [-0.25, -0.2) is 0 Å². The maximum absolute atomic E-state index is 11.3. The fraction of sp³-hybridized carbons (Fsp3) is 0.929. The Hall–Kier alpha value is -0.570. The highest BCUT2D eigenvalue weighted by molar-refractivity contribution is 5.73. The zero-order chi connectivity index (χ0) is 12.3. The third-order valence-electron chi connectivity index (χ3n) is 4.63. The summed E-state index contributed by atoms with van der Waals surface area (Å²) in [5, 5.41) is 3.17. The lowest BCUT2D eigenvalue weighted by Crippen LogP contribution is -2.45. The molecule has 0 saturated heterocycles. The third-order valence-corrected chi connectivity index (χ3v) is 4.63.